The van der Waals surface area contributed by atoms with Gasteiger partial charge in [0.1, 0.15) is 4.47 Å². The maximum atomic E-state index is 11.4. The van der Waals surface area contributed by atoms with Crippen molar-refractivity contribution in [3.8, 4) is 0 Å². The summed E-state index contributed by atoms with van der Waals surface area (Å²) in [6.07, 6.45) is 1.37. The zero-order valence-corrected chi connectivity index (χ0v) is 12.7. The molecule has 1 heterocycles. The van der Waals surface area contributed by atoms with E-state index in [9.17, 15) is 4.79 Å². The molecule has 0 aliphatic heterocycles. The smallest absolute Gasteiger partial charge is 0.267 e. The molecule has 2 rings (SSSR count). The summed E-state index contributed by atoms with van der Waals surface area (Å²) in [6.45, 7) is 6.51. The van der Waals surface area contributed by atoms with Crippen molar-refractivity contribution in [2.75, 3.05) is 5.32 Å². The van der Waals surface area contributed by atoms with Crippen molar-refractivity contribution in [1.82, 2.24) is 9.97 Å². The lowest BCUT2D eigenvalue weighted by Gasteiger charge is -2.19. The van der Waals surface area contributed by atoms with E-state index in [0.717, 1.165) is 5.69 Å². The molecule has 1 aromatic carbocycles. The second-order valence-electron chi connectivity index (χ2n) is 5.35. The summed E-state index contributed by atoms with van der Waals surface area (Å²) in [4.78, 5) is 18.0. The summed E-state index contributed by atoms with van der Waals surface area (Å²) in [5.41, 5.74) is 2.08. The third-order valence-electron chi connectivity index (χ3n) is 2.81. The van der Waals surface area contributed by atoms with E-state index in [1.54, 1.807) is 0 Å². The number of rotatable bonds is 2. The minimum absolute atomic E-state index is 0.126. The Morgan fingerprint density at radius 1 is 1.21 bits per heavy atom. The molecule has 0 saturated carbocycles. The molecule has 100 valence electrons. The Hall–Kier alpha value is -1.62. The Morgan fingerprint density at radius 3 is 2.42 bits per heavy atom. The van der Waals surface area contributed by atoms with Gasteiger partial charge in [-0.3, -0.25) is 4.79 Å². The number of aromatic nitrogens is 2. The van der Waals surface area contributed by atoms with Crippen LogP contribution in [0.25, 0.3) is 0 Å². The van der Waals surface area contributed by atoms with Crippen LogP contribution in [0.1, 0.15) is 26.3 Å². The highest BCUT2D eigenvalue weighted by Crippen LogP contribution is 2.25. The standard InChI is InChI=1S/C14H16BrN3O/c1-14(2,3)9-4-6-10(7-5-9)18-12-11(15)13(19)17-8-16-12/h4-8H,1-3H3,(H2,16,17,18,19). The van der Waals surface area contributed by atoms with E-state index in [-0.39, 0.29) is 11.0 Å². The lowest BCUT2D eigenvalue weighted by molar-refractivity contribution is 0.590. The van der Waals surface area contributed by atoms with Crippen LogP contribution in [0.5, 0.6) is 0 Å². The summed E-state index contributed by atoms with van der Waals surface area (Å²) in [5.74, 6) is 0.507. The first kappa shape index (κ1) is 13.8. The van der Waals surface area contributed by atoms with E-state index < -0.39 is 0 Å². The van der Waals surface area contributed by atoms with E-state index in [4.69, 9.17) is 0 Å². The van der Waals surface area contributed by atoms with Gasteiger partial charge in [-0.1, -0.05) is 32.9 Å². The molecule has 0 amide bonds. The molecule has 0 unspecified atom stereocenters. The lowest BCUT2D eigenvalue weighted by atomic mass is 9.87. The van der Waals surface area contributed by atoms with Crippen molar-refractivity contribution in [2.24, 2.45) is 0 Å². The predicted octanol–water partition coefficient (Wildman–Crippen LogP) is 3.57. The lowest BCUT2D eigenvalue weighted by Crippen LogP contribution is -2.11. The molecule has 19 heavy (non-hydrogen) atoms. The summed E-state index contributed by atoms with van der Waals surface area (Å²) in [5, 5.41) is 3.11. The number of hydrogen-bond acceptors (Lipinski definition) is 3. The SMILES string of the molecule is CC(C)(C)c1ccc(Nc2nc[nH]c(=O)c2Br)cc1. The first-order chi connectivity index (χ1) is 8.88. The van der Waals surface area contributed by atoms with E-state index in [1.807, 2.05) is 12.1 Å². The van der Waals surface area contributed by atoms with Crippen LogP contribution in [-0.2, 0) is 5.41 Å². The topological polar surface area (TPSA) is 57.8 Å². The zero-order valence-electron chi connectivity index (χ0n) is 11.1. The average Bonchev–Trinajstić information content (AvgIpc) is 2.35. The van der Waals surface area contributed by atoms with Gasteiger partial charge in [-0.25, -0.2) is 4.98 Å². The zero-order chi connectivity index (χ0) is 14.0. The van der Waals surface area contributed by atoms with Crippen LogP contribution in [0.3, 0.4) is 0 Å². The number of anilines is 2. The van der Waals surface area contributed by atoms with Gasteiger partial charge in [0.05, 0.1) is 6.33 Å². The fraction of sp³-hybridized carbons (Fsp3) is 0.286. The van der Waals surface area contributed by atoms with Crippen LogP contribution in [0.15, 0.2) is 39.9 Å². The minimum Gasteiger partial charge on any atom is -0.339 e. The van der Waals surface area contributed by atoms with Gasteiger partial charge >= 0.3 is 0 Å². The van der Waals surface area contributed by atoms with E-state index in [2.05, 4.69) is 64.1 Å². The van der Waals surface area contributed by atoms with E-state index >= 15 is 0 Å². The molecular weight excluding hydrogens is 306 g/mol. The van der Waals surface area contributed by atoms with Crippen molar-refractivity contribution in [3.05, 3.63) is 51.0 Å². The fourth-order valence-electron chi connectivity index (χ4n) is 1.66. The number of halogens is 1. The number of H-pyrrole nitrogens is 1. The molecule has 0 atom stereocenters. The van der Waals surface area contributed by atoms with Crippen LogP contribution in [-0.4, -0.2) is 9.97 Å². The first-order valence-corrected chi connectivity index (χ1v) is 6.78. The second-order valence-corrected chi connectivity index (χ2v) is 6.14. The minimum atomic E-state index is -0.205. The van der Waals surface area contributed by atoms with Gasteiger partial charge in [0, 0.05) is 5.69 Å². The maximum Gasteiger partial charge on any atom is 0.267 e. The number of nitrogens with zero attached hydrogens (tertiary/aromatic N) is 1. The molecule has 0 aliphatic rings. The van der Waals surface area contributed by atoms with Crippen LogP contribution >= 0.6 is 15.9 Å². The summed E-state index contributed by atoms with van der Waals surface area (Å²) < 4.78 is 0.398. The molecule has 0 saturated heterocycles. The molecule has 5 heteroatoms. The Labute approximate surface area is 120 Å². The molecule has 4 nitrogen and oxygen atoms in total. The third-order valence-corrected chi connectivity index (χ3v) is 3.55. The Kier molecular flexibility index (Phi) is 3.75. The highest BCUT2D eigenvalue weighted by Gasteiger charge is 2.13. The molecule has 0 aliphatic carbocycles. The molecular formula is C14H16BrN3O. The van der Waals surface area contributed by atoms with Gasteiger partial charge in [-0.05, 0) is 39.0 Å². The summed E-state index contributed by atoms with van der Waals surface area (Å²) >= 11 is 3.22. The Balaban J connectivity index is 2.25. The number of aromatic amines is 1. The van der Waals surface area contributed by atoms with Crippen LogP contribution < -0.4 is 10.9 Å². The molecule has 0 fully saturated rings. The monoisotopic (exact) mass is 321 g/mol. The fourth-order valence-corrected chi connectivity index (χ4v) is 1.98. The first-order valence-electron chi connectivity index (χ1n) is 5.98. The second kappa shape index (κ2) is 5.17. The van der Waals surface area contributed by atoms with Crippen LogP contribution in [0, 0.1) is 0 Å². The maximum absolute atomic E-state index is 11.4. The highest BCUT2D eigenvalue weighted by atomic mass is 79.9. The highest BCUT2D eigenvalue weighted by molar-refractivity contribution is 9.10. The summed E-state index contributed by atoms with van der Waals surface area (Å²) in [6, 6.07) is 8.11. The Morgan fingerprint density at radius 2 is 1.84 bits per heavy atom. The van der Waals surface area contributed by atoms with Crippen LogP contribution in [0.2, 0.25) is 0 Å². The molecule has 2 aromatic rings. The summed E-state index contributed by atoms with van der Waals surface area (Å²) in [7, 11) is 0. The number of nitrogens with one attached hydrogen (secondary N) is 2. The van der Waals surface area contributed by atoms with Crippen molar-refractivity contribution in [3.63, 3.8) is 0 Å². The van der Waals surface area contributed by atoms with E-state index in [1.165, 1.54) is 11.9 Å². The van der Waals surface area contributed by atoms with Gasteiger partial charge < -0.3 is 10.3 Å². The Bertz CT molecular complexity index is 626. The normalized spacial score (nSPS) is 11.4. The van der Waals surface area contributed by atoms with Gasteiger partial charge in [0.2, 0.25) is 0 Å². The third kappa shape index (κ3) is 3.23. The number of hydrogen-bond donors (Lipinski definition) is 2. The van der Waals surface area contributed by atoms with Crippen LogP contribution in [0.4, 0.5) is 11.5 Å². The van der Waals surface area contributed by atoms with Crippen molar-refractivity contribution in [2.45, 2.75) is 26.2 Å². The predicted molar refractivity (Wildman–Crippen MR) is 81.0 cm³/mol. The molecule has 0 bridgehead atoms. The van der Waals surface area contributed by atoms with Gasteiger partial charge in [-0.15, -0.1) is 0 Å². The van der Waals surface area contributed by atoms with Crippen molar-refractivity contribution >= 4 is 27.4 Å². The molecule has 1 aromatic heterocycles. The molecule has 0 spiro atoms. The van der Waals surface area contributed by atoms with Crippen molar-refractivity contribution in [1.29, 1.82) is 0 Å². The quantitative estimate of drug-likeness (QED) is 0.888. The number of benzene rings is 1. The molecule has 0 radical (unpaired) electrons. The van der Waals surface area contributed by atoms with Crippen molar-refractivity contribution < 1.29 is 0 Å². The van der Waals surface area contributed by atoms with Gasteiger partial charge in [-0.2, -0.15) is 0 Å². The van der Waals surface area contributed by atoms with E-state index in [0.29, 0.717) is 10.3 Å². The average molecular weight is 322 g/mol. The van der Waals surface area contributed by atoms with Gasteiger partial charge in [0.25, 0.3) is 5.56 Å². The molecule has 2 N–H and O–H groups in total. The van der Waals surface area contributed by atoms with Gasteiger partial charge in [0.15, 0.2) is 5.82 Å². The largest absolute Gasteiger partial charge is 0.339 e.